The van der Waals surface area contributed by atoms with Gasteiger partial charge in [0.2, 0.25) is 0 Å². The Labute approximate surface area is 101 Å². The molecule has 3 nitrogen and oxygen atoms in total. The molecule has 1 fully saturated rings. The van der Waals surface area contributed by atoms with Crippen LogP contribution in [0.1, 0.15) is 39.5 Å². The van der Waals surface area contributed by atoms with E-state index in [1.807, 2.05) is 0 Å². The lowest BCUT2D eigenvalue weighted by molar-refractivity contribution is 0.0804. The van der Waals surface area contributed by atoms with E-state index in [1.165, 1.54) is 25.7 Å². The fraction of sp³-hybridized carbons (Fsp3) is 1.00. The lowest BCUT2D eigenvalue weighted by Crippen LogP contribution is -2.36. The molecular weight excluding hydrogens is 200 g/mol. The summed E-state index contributed by atoms with van der Waals surface area (Å²) in [5, 5.41) is 3.43. The van der Waals surface area contributed by atoms with Gasteiger partial charge in [-0.2, -0.15) is 0 Å². The molecule has 0 amide bonds. The normalized spacial score (nSPS) is 17.8. The summed E-state index contributed by atoms with van der Waals surface area (Å²) in [6, 6.07) is 0.841. The van der Waals surface area contributed by atoms with Crippen LogP contribution in [0.4, 0.5) is 0 Å². The van der Waals surface area contributed by atoms with Crippen molar-refractivity contribution in [1.29, 1.82) is 0 Å². The summed E-state index contributed by atoms with van der Waals surface area (Å²) in [5.74, 6) is 0. The number of nitrogens with one attached hydrogen (secondary N) is 1. The maximum absolute atomic E-state index is 5.47. The maximum Gasteiger partial charge on any atom is 0.0594 e. The van der Waals surface area contributed by atoms with Gasteiger partial charge in [0.05, 0.1) is 12.7 Å². The third kappa shape index (κ3) is 5.83. The Morgan fingerprint density at radius 3 is 2.56 bits per heavy atom. The van der Waals surface area contributed by atoms with E-state index in [0.717, 1.165) is 32.3 Å². The lowest BCUT2D eigenvalue weighted by atomic mass is 10.2. The van der Waals surface area contributed by atoms with Crippen LogP contribution in [-0.4, -0.2) is 50.3 Å². The van der Waals surface area contributed by atoms with Gasteiger partial charge in [-0.05, 0) is 33.7 Å². The molecule has 0 saturated heterocycles. The molecule has 0 bridgehead atoms. The predicted molar refractivity (Wildman–Crippen MR) is 68.8 cm³/mol. The summed E-state index contributed by atoms with van der Waals surface area (Å²) in [6.45, 7) is 8.18. The highest BCUT2D eigenvalue weighted by atomic mass is 16.5. The Kier molecular flexibility index (Phi) is 7.01. The van der Waals surface area contributed by atoms with Crippen molar-refractivity contribution in [3.63, 3.8) is 0 Å². The molecule has 96 valence electrons. The van der Waals surface area contributed by atoms with Crippen molar-refractivity contribution >= 4 is 0 Å². The van der Waals surface area contributed by atoms with Gasteiger partial charge in [-0.25, -0.2) is 0 Å². The summed E-state index contributed by atoms with van der Waals surface area (Å²) in [4.78, 5) is 2.50. The number of likely N-dealkylation sites (N-methyl/N-ethyl adjacent to an activating group) is 1. The van der Waals surface area contributed by atoms with Gasteiger partial charge >= 0.3 is 0 Å². The Morgan fingerprint density at radius 1 is 1.25 bits per heavy atom. The molecule has 0 heterocycles. The number of nitrogens with zero attached hydrogens (tertiary/aromatic N) is 1. The summed E-state index contributed by atoms with van der Waals surface area (Å²) >= 11 is 0. The van der Waals surface area contributed by atoms with Crippen LogP contribution in [0, 0.1) is 0 Å². The van der Waals surface area contributed by atoms with Crippen molar-refractivity contribution in [3.8, 4) is 0 Å². The van der Waals surface area contributed by atoms with E-state index in [9.17, 15) is 0 Å². The molecule has 1 aliphatic rings. The third-order valence-corrected chi connectivity index (χ3v) is 3.32. The zero-order valence-electron chi connectivity index (χ0n) is 11.2. The quantitative estimate of drug-likeness (QED) is 0.642. The molecule has 3 heteroatoms. The van der Waals surface area contributed by atoms with E-state index in [0.29, 0.717) is 6.10 Å². The smallest absolute Gasteiger partial charge is 0.0594 e. The van der Waals surface area contributed by atoms with E-state index in [4.69, 9.17) is 4.74 Å². The molecule has 1 N–H and O–H groups in total. The van der Waals surface area contributed by atoms with Crippen LogP contribution < -0.4 is 5.32 Å². The highest BCUT2D eigenvalue weighted by Crippen LogP contribution is 2.21. The summed E-state index contributed by atoms with van der Waals surface area (Å²) < 4.78 is 5.47. The summed E-state index contributed by atoms with van der Waals surface area (Å²) in [6.07, 6.45) is 5.98. The lowest BCUT2D eigenvalue weighted by Gasteiger charge is -2.24. The van der Waals surface area contributed by atoms with Crippen LogP contribution in [-0.2, 0) is 4.74 Å². The van der Waals surface area contributed by atoms with Crippen molar-refractivity contribution in [3.05, 3.63) is 0 Å². The monoisotopic (exact) mass is 228 g/mol. The van der Waals surface area contributed by atoms with Gasteiger partial charge in [0.1, 0.15) is 0 Å². The van der Waals surface area contributed by atoms with Crippen LogP contribution in [0.5, 0.6) is 0 Å². The van der Waals surface area contributed by atoms with Crippen LogP contribution >= 0.6 is 0 Å². The molecule has 0 atom stereocenters. The molecule has 0 aromatic rings. The van der Waals surface area contributed by atoms with Crippen LogP contribution in [0.25, 0.3) is 0 Å². The van der Waals surface area contributed by atoms with E-state index in [2.05, 4.69) is 31.1 Å². The second-order valence-electron chi connectivity index (χ2n) is 5.09. The van der Waals surface area contributed by atoms with E-state index >= 15 is 0 Å². The number of ether oxygens (including phenoxy) is 1. The Hall–Kier alpha value is -0.120. The molecule has 1 saturated carbocycles. The van der Waals surface area contributed by atoms with Crippen molar-refractivity contribution in [1.82, 2.24) is 10.2 Å². The zero-order chi connectivity index (χ0) is 11.8. The largest absolute Gasteiger partial charge is 0.377 e. The van der Waals surface area contributed by atoms with E-state index in [1.54, 1.807) is 0 Å². The molecular formula is C13H28N2O. The highest BCUT2D eigenvalue weighted by molar-refractivity contribution is 4.75. The Morgan fingerprint density at radius 2 is 1.94 bits per heavy atom. The maximum atomic E-state index is 5.47. The topological polar surface area (TPSA) is 24.5 Å². The zero-order valence-corrected chi connectivity index (χ0v) is 11.2. The average molecular weight is 228 g/mol. The van der Waals surface area contributed by atoms with Crippen molar-refractivity contribution in [2.45, 2.75) is 51.7 Å². The summed E-state index contributed by atoms with van der Waals surface area (Å²) in [7, 11) is 2.25. The van der Waals surface area contributed by atoms with Gasteiger partial charge < -0.3 is 15.0 Å². The summed E-state index contributed by atoms with van der Waals surface area (Å²) in [5.41, 5.74) is 0. The molecule has 16 heavy (non-hydrogen) atoms. The predicted octanol–water partition coefficient (Wildman–Crippen LogP) is 1.88. The van der Waals surface area contributed by atoms with E-state index < -0.39 is 0 Å². The van der Waals surface area contributed by atoms with Crippen molar-refractivity contribution in [2.24, 2.45) is 0 Å². The fourth-order valence-electron chi connectivity index (χ4n) is 2.27. The van der Waals surface area contributed by atoms with Crippen LogP contribution in [0.2, 0.25) is 0 Å². The minimum absolute atomic E-state index is 0.350. The van der Waals surface area contributed by atoms with Gasteiger partial charge in [-0.1, -0.05) is 12.8 Å². The number of hydrogen-bond acceptors (Lipinski definition) is 3. The van der Waals surface area contributed by atoms with E-state index in [-0.39, 0.29) is 0 Å². The first-order valence-corrected chi connectivity index (χ1v) is 6.72. The average Bonchev–Trinajstić information content (AvgIpc) is 2.75. The minimum Gasteiger partial charge on any atom is -0.377 e. The molecule has 0 aromatic heterocycles. The Bertz CT molecular complexity index is 167. The number of hydrogen-bond donors (Lipinski definition) is 1. The second kappa shape index (κ2) is 8.04. The molecule has 0 unspecified atom stereocenters. The second-order valence-corrected chi connectivity index (χ2v) is 5.09. The first-order chi connectivity index (χ1) is 7.70. The van der Waals surface area contributed by atoms with Gasteiger partial charge in [0.15, 0.2) is 0 Å². The molecule has 1 aliphatic carbocycles. The highest BCUT2D eigenvalue weighted by Gasteiger charge is 2.18. The Balaban J connectivity index is 1.90. The van der Waals surface area contributed by atoms with Crippen LogP contribution in [0.15, 0.2) is 0 Å². The third-order valence-electron chi connectivity index (χ3n) is 3.32. The van der Waals surface area contributed by atoms with Gasteiger partial charge in [0, 0.05) is 25.7 Å². The SMILES string of the molecule is CC(C)OCCNCCN(C)C1CCCC1. The molecule has 0 spiro atoms. The first-order valence-electron chi connectivity index (χ1n) is 6.72. The molecule has 0 aliphatic heterocycles. The first kappa shape index (κ1) is 13.9. The molecule has 1 rings (SSSR count). The molecule has 0 aromatic carbocycles. The van der Waals surface area contributed by atoms with Gasteiger partial charge in [0.25, 0.3) is 0 Å². The van der Waals surface area contributed by atoms with Gasteiger partial charge in [-0.15, -0.1) is 0 Å². The minimum atomic E-state index is 0.350. The standard InChI is InChI=1S/C13H28N2O/c1-12(2)16-11-9-14-8-10-15(3)13-6-4-5-7-13/h12-14H,4-11H2,1-3H3. The number of rotatable bonds is 8. The molecule has 0 radical (unpaired) electrons. The van der Waals surface area contributed by atoms with Crippen molar-refractivity contribution in [2.75, 3.05) is 33.3 Å². The fourth-order valence-corrected chi connectivity index (χ4v) is 2.27. The van der Waals surface area contributed by atoms with Crippen molar-refractivity contribution < 1.29 is 4.74 Å². The van der Waals surface area contributed by atoms with Crippen LogP contribution in [0.3, 0.4) is 0 Å². The van der Waals surface area contributed by atoms with Gasteiger partial charge in [-0.3, -0.25) is 0 Å².